The molecule has 1 heteroatoms. The predicted octanol–water partition coefficient (Wildman–Crippen LogP) is 0.838. The van der Waals surface area contributed by atoms with Crippen molar-refractivity contribution in [3.63, 3.8) is 0 Å². The van der Waals surface area contributed by atoms with Crippen LogP contribution in [0.2, 0.25) is 4.13 Å². The molecule has 0 aliphatic rings. The molecule has 0 nitrogen and oxygen atoms in total. The van der Waals surface area contributed by atoms with Crippen molar-refractivity contribution >= 4 is 24.7 Å². The Morgan fingerprint density at radius 1 is 1.60 bits per heavy atom. The number of unbranched alkanes of at least 4 members (excludes halogenated alkanes) is 1. The van der Waals surface area contributed by atoms with Gasteiger partial charge in [0.05, 0.1) is 0 Å². The van der Waals surface area contributed by atoms with Crippen molar-refractivity contribution in [2.24, 2.45) is 0 Å². The summed E-state index contributed by atoms with van der Waals surface area (Å²) in [5, 5.41) is 0. The Kier molecular flexibility index (Phi) is 5.75. The molecule has 0 spiro atoms. The Bertz CT molecular complexity index is 11.1. The van der Waals surface area contributed by atoms with E-state index in [0.29, 0.717) is 0 Å². The van der Waals surface area contributed by atoms with Crippen LogP contribution in [0.15, 0.2) is 0 Å². The molecular weight excluding hydrogens is 257 g/mol. The summed E-state index contributed by atoms with van der Waals surface area (Å²) < 4.78 is 1.51. The van der Waals surface area contributed by atoms with Gasteiger partial charge < -0.3 is 0 Å². The first-order valence-electron chi connectivity index (χ1n) is 2.12. The van der Waals surface area contributed by atoms with Crippen LogP contribution in [0.3, 0.4) is 0 Å². The Labute approximate surface area is 48.8 Å². The fourth-order valence-corrected chi connectivity index (χ4v) is 1.79. The fraction of sp³-hybridized carbons (Fsp3) is 1.00. The average Bonchev–Trinajstić information content (AvgIpc) is 1.41. The summed E-state index contributed by atoms with van der Waals surface area (Å²) in [6.07, 6.45) is 2.85. The van der Waals surface area contributed by atoms with E-state index in [9.17, 15) is 0 Å². The number of hydrogen-bond acceptors (Lipinski definition) is 0. The van der Waals surface area contributed by atoms with Crippen molar-refractivity contribution in [3.05, 3.63) is 0 Å². The van der Waals surface area contributed by atoms with Crippen LogP contribution in [-0.4, -0.2) is 24.7 Å². The van der Waals surface area contributed by atoms with Crippen molar-refractivity contribution in [1.29, 1.82) is 0 Å². The van der Waals surface area contributed by atoms with Gasteiger partial charge >= 0.3 is 48.6 Å². The van der Waals surface area contributed by atoms with Crippen LogP contribution < -0.4 is 0 Å². The molecule has 0 aliphatic carbocycles. The zero-order valence-electron chi connectivity index (χ0n) is 3.70. The first kappa shape index (κ1) is 5.88. The quantitative estimate of drug-likeness (QED) is 0.651. The monoisotopic (exact) mass is 268 g/mol. The van der Waals surface area contributed by atoms with E-state index in [4.69, 9.17) is 0 Å². The zero-order chi connectivity index (χ0) is 4.12. The van der Waals surface area contributed by atoms with Crippen LogP contribution in [0.1, 0.15) is 19.8 Å². The summed E-state index contributed by atoms with van der Waals surface area (Å²) in [6.45, 7) is 2.24. The van der Waals surface area contributed by atoms with Crippen LogP contribution in [-0.2, 0) is 0 Å². The first-order valence-corrected chi connectivity index (χ1v) is 5.29. The average molecular weight is 268 g/mol. The fourth-order valence-electron chi connectivity index (χ4n) is 0.204. The minimum atomic E-state index is 1.24. The van der Waals surface area contributed by atoms with Crippen LogP contribution in [0, 0.1) is 0 Å². The van der Waals surface area contributed by atoms with Crippen LogP contribution >= 0.6 is 0 Å². The molecule has 0 heterocycles. The van der Waals surface area contributed by atoms with Gasteiger partial charge in [-0.3, -0.25) is 0 Å². The Hall–Kier alpha value is 0.883. The van der Waals surface area contributed by atoms with E-state index >= 15 is 0 Å². The molecule has 5 heavy (non-hydrogen) atoms. The van der Waals surface area contributed by atoms with E-state index in [1.807, 2.05) is 0 Å². The standard InChI is InChI=1S/C4H9.Bi.2H/c1-3-4-2;;;/h1,3-4H2,2H3;;;. The van der Waals surface area contributed by atoms with Gasteiger partial charge in [-0.1, -0.05) is 0 Å². The molecule has 0 bridgehead atoms. The third-order valence-electron chi connectivity index (χ3n) is 0.558. The van der Waals surface area contributed by atoms with Gasteiger partial charge in [-0.25, -0.2) is 0 Å². The molecule has 0 unspecified atom stereocenters. The van der Waals surface area contributed by atoms with Gasteiger partial charge in [0.15, 0.2) is 0 Å². The van der Waals surface area contributed by atoms with E-state index in [2.05, 4.69) is 6.92 Å². The summed E-state index contributed by atoms with van der Waals surface area (Å²) in [4.78, 5) is 0. The predicted molar refractivity (Wildman–Crippen MR) is 28.3 cm³/mol. The summed E-state index contributed by atoms with van der Waals surface area (Å²) in [5.41, 5.74) is 0. The van der Waals surface area contributed by atoms with Gasteiger partial charge in [-0.05, 0) is 0 Å². The van der Waals surface area contributed by atoms with Crippen LogP contribution in [0.25, 0.3) is 0 Å². The van der Waals surface area contributed by atoms with E-state index in [0.717, 1.165) is 0 Å². The van der Waals surface area contributed by atoms with E-state index in [1.165, 1.54) is 41.7 Å². The summed E-state index contributed by atoms with van der Waals surface area (Å²) >= 11 is 1.24. The summed E-state index contributed by atoms with van der Waals surface area (Å²) in [5.74, 6) is 0. The van der Waals surface area contributed by atoms with Crippen molar-refractivity contribution in [1.82, 2.24) is 0 Å². The normalized spacial score (nSPS) is 8.40. The molecule has 0 N–H and O–H groups in total. The Morgan fingerprint density at radius 2 is 2.20 bits per heavy atom. The molecular formula is C4H11Bi. The Morgan fingerprint density at radius 3 is 2.20 bits per heavy atom. The molecule has 0 saturated heterocycles. The molecule has 0 aliphatic heterocycles. The Balaban J connectivity index is 2.19. The van der Waals surface area contributed by atoms with E-state index < -0.39 is 0 Å². The van der Waals surface area contributed by atoms with Crippen molar-refractivity contribution in [2.45, 2.75) is 23.9 Å². The van der Waals surface area contributed by atoms with Crippen molar-refractivity contribution in [3.8, 4) is 0 Å². The van der Waals surface area contributed by atoms with Gasteiger partial charge in [0.1, 0.15) is 0 Å². The number of hydrogen-bond donors (Lipinski definition) is 0. The second-order valence-corrected chi connectivity index (χ2v) is 3.39. The van der Waals surface area contributed by atoms with Gasteiger partial charge in [0, 0.05) is 0 Å². The molecule has 0 aromatic rings. The summed E-state index contributed by atoms with van der Waals surface area (Å²) in [7, 11) is 0. The molecule has 32 valence electrons. The topological polar surface area (TPSA) is 0 Å². The SMILES string of the molecule is CCC[CH2][BiH2]. The molecule has 0 aromatic carbocycles. The molecule has 0 fully saturated rings. The second-order valence-electron chi connectivity index (χ2n) is 1.14. The van der Waals surface area contributed by atoms with Crippen molar-refractivity contribution in [2.75, 3.05) is 0 Å². The van der Waals surface area contributed by atoms with Gasteiger partial charge in [0.2, 0.25) is 0 Å². The molecule has 0 amide bonds. The third-order valence-corrected chi connectivity index (χ3v) is 2.14. The maximum absolute atomic E-state index is 2.24. The second kappa shape index (κ2) is 4.88. The van der Waals surface area contributed by atoms with E-state index in [-0.39, 0.29) is 0 Å². The maximum atomic E-state index is 2.24. The third kappa shape index (κ3) is 4.88. The van der Waals surface area contributed by atoms with Gasteiger partial charge in [-0.2, -0.15) is 0 Å². The van der Waals surface area contributed by atoms with Gasteiger partial charge in [0.25, 0.3) is 0 Å². The minimum absolute atomic E-state index is 1.24. The van der Waals surface area contributed by atoms with E-state index in [1.54, 1.807) is 0 Å². The number of rotatable bonds is 2. The van der Waals surface area contributed by atoms with Gasteiger partial charge in [-0.15, -0.1) is 0 Å². The zero-order valence-corrected chi connectivity index (χ0v) is 8.19. The first-order chi connectivity index (χ1) is 2.41. The molecule has 0 aromatic heterocycles. The van der Waals surface area contributed by atoms with Crippen LogP contribution in [0.4, 0.5) is 0 Å². The molecule has 0 atom stereocenters. The van der Waals surface area contributed by atoms with Crippen molar-refractivity contribution < 1.29 is 0 Å². The molecule has 0 saturated carbocycles. The summed E-state index contributed by atoms with van der Waals surface area (Å²) in [6, 6.07) is 0. The molecule has 0 radical (unpaired) electrons. The van der Waals surface area contributed by atoms with Crippen LogP contribution in [0.5, 0.6) is 0 Å². The molecule has 0 rings (SSSR count).